The van der Waals surface area contributed by atoms with E-state index in [1.807, 2.05) is 37.3 Å². The quantitative estimate of drug-likeness (QED) is 0.595. The van der Waals surface area contributed by atoms with Crippen molar-refractivity contribution in [2.45, 2.75) is 13.3 Å². The van der Waals surface area contributed by atoms with E-state index in [-0.39, 0.29) is 6.73 Å². The highest BCUT2D eigenvalue weighted by atomic mass is 16.3. The molecule has 0 unspecified atom stereocenters. The van der Waals surface area contributed by atoms with Crippen LogP contribution in [-0.2, 0) is 0 Å². The summed E-state index contributed by atoms with van der Waals surface area (Å²) in [6.07, 6.45) is 0.877. The van der Waals surface area contributed by atoms with E-state index >= 15 is 0 Å². The molecular formula is C14H17N7O. The molecule has 0 spiro atoms. The summed E-state index contributed by atoms with van der Waals surface area (Å²) in [6, 6.07) is 9.67. The van der Waals surface area contributed by atoms with E-state index in [1.54, 1.807) is 4.90 Å². The van der Waals surface area contributed by atoms with Gasteiger partial charge in [-0.3, -0.25) is 0 Å². The van der Waals surface area contributed by atoms with Crippen molar-refractivity contribution in [1.82, 2.24) is 25.4 Å². The summed E-state index contributed by atoms with van der Waals surface area (Å²) < 4.78 is 0. The van der Waals surface area contributed by atoms with Crippen LogP contribution in [0.25, 0.3) is 11.2 Å². The second-order valence-corrected chi connectivity index (χ2v) is 4.76. The number of aromatic amines is 1. The Labute approximate surface area is 127 Å². The van der Waals surface area contributed by atoms with Crippen molar-refractivity contribution >= 4 is 28.6 Å². The van der Waals surface area contributed by atoms with Crippen molar-refractivity contribution in [3.8, 4) is 0 Å². The molecule has 0 fully saturated rings. The van der Waals surface area contributed by atoms with Crippen LogP contribution in [0.2, 0.25) is 0 Å². The fourth-order valence-electron chi connectivity index (χ4n) is 2.13. The van der Waals surface area contributed by atoms with Gasteiger partial charge in [0.2, 0.25) is 11.6 Å². The average molecular weight is 299 g/mol. The van der Waals surface area contributed by atoms with Gasteiger partial charge < -0.3 is 15.3 Å². The first kappa shape index (κ1) is 14.2. The second kappa shape index (κ2) is 6.35. The summed E-state index contributed by atoms with van der Waals surface area (Å²) in [6.45, 7) is 2.53. The Balaban J connectivity index is 2.02. The lowest BCUT2D eigenvalue weighted by atomic mass is 10.3. The molecule has 0 saturated heterocycles. The van der Waals surface area contributed by atoms with Gasteiger partial charge in [-0.25, -0.2) is 0 Å². The fraction of sp³-hybridized carbons (Fsp3) is 0.286. The van der Waals surface area contributed by atoms with Gasteiger partial charge in [-0.2, -0.15) is 20.3 Å². The molecule has 22 heavy (non-hydrogen) atoms. The molecule has 1 aromatic carbocycles. The van der Waals surface area contributed by atoms with E-state index in [4.69, 9.17) is 0 Å². The van der Waals surface area contributed by atoms with Gasteiger partial charge in [-0.05, 0) is 18.6 Å². The van der Waals surface area contributed by atoms with Crippen LogP contribution in [0.3, 0.4) is 0 Å². The molecule has 8 heteroatoms. The highest BCUT2D eigenvalue weighted by Crippen LogP contribution is 2.23. The lowest BCUT2D eigenvalue weighted by molar-refractivity contribution is 0.288. The Morgan fingerprint density at radius 1 is 1.18 bits per heavy atom. The number of H-pyrrole nitrogens is 1. The predicted octanol–water partition coefficient (Wildman–Crippen LogP) is 1.66. The number of nitrogens with one attached hydrogen (secondary N) is 2. The van der Waals surface area contributed by atoms with Crippen molar-refractivity contribution < 1.29 is 5.11 Å². The lowest BCUT2D eigenvalue weighted by Crippen LogP contribution is -2.27. The van der Waals surface area contributed by atoms with Crippen LogP contribution in [0.1, 0.15) is 13.3 Å². The Kier molecular flexibility index (Phi) is 4.10. The molecule has 0 bridgehead atoms. The molecule has 114 valence electrons. The second-order valence-electron chi connectivity index (χ2n) is 4.76. The molecule has 8 nitrogen and oxygen atoms in total. The molecule has 3 N–H and O–H groups in total. The monoisotopic (exact) mass is 299 g/mol. The summed E-state index contributed by atoms with van der Waals surface area (Å²) in [7, 11) is 0. The molecule has 0 aliphatic rings. The van der Waals surface area contributed by atoms with Crippen LogP contribution < -0.4 is 10.2 Å². The van der Waals surface area contributed by atoms with Gasteiger partial charge >= 0.3 is 0 Å². The zero-order valence-electron chi connectivity index (χ0n) is 12.2. The van der Waals surface area contributed by atoms with Gasteiger partial charge in [0.1, 0.15) is 6.73 Å². The Hall–Kier alpha value is -2.74. The number of aromatic nitrogens is 5. The highest BCUT2D eigenvalue weighted by Gasteiger charge is 2.15. The van der Waals surface area contributed by atoms with Crippen molar-refractivity contribution in [2.75, 3.05) is 23.5 Å². The lowest BCUT2D eigenvalue weighted by Gasteiger charge is -2.19. The number of aliphatic hydroxyl groups is 1. The van der Waals surface area contributed by atoms with Gasteiger partial charge in [0.25, 0.3) is 0 Å². The number of para-hydroxylation sites is 1. The van der Waals surface area contributed by atoms with Crippen LogP contribution >= 0.6 is 0 Å². The molecule has 3 rings (SSSR count). The number of hydrogen-bond donors (Lipinski definition) is 3. The maximum Gasteiger partial charge on any atom is 0.231 e. The Morgan fingerprint density at radius 3 is 2.73 bits per heavy atom. The molecule has 0 radical (unpaired) electrons. The van der Waals surface area contributed by atoms with Crippen molar-refractivity contribution in [3.63, 3.8) is 0 Å². The van der Waals surface area contributed by atoms with Crippen LogP contribution in [-0.4, -0.2) is 43.8 Å². The van der Waals surface area contributed by atoms with Gasteiger partial charge in [0.05, 0.1) is 0 Å². The number of rotatable bonds is 6. The number of benzene rings is 1. The molecule has 0 saturated carbocycles. The molecule has 3 aromatic rings. The third-order valence-corrected chi connectivity index (χ3v) is 3.16. The zero-order chi connectivity index (χ0) is 15.4. The largest absolute Gasteiger partial charge is 0.376 e. The SMILES string of the molecule is CCCN(CO)c1nc(Nc2ccccc2)c2n[nH]nc2n1. The number of aliphatic hydroxyl groups excluding tert-OH is 1. The smallest absolute Gasteiger partial charge is 0.231 e. The van der Waals surface area contributed by atoms with E-state index in [0.717, 1.165) is 12.1 Å². The van der Waals surface area contributed by atoms with Crippen molar-refractivity contribution in [1.29, 1.82) is 0 Å². The Bertz CT molecular complexity index is 743. The molecule has 2 aromatic heterocycles. The maximum absolute atomic E-state index is 9.50. The van der Waals surface area contributed by atoms with E-state index in [1.165, 1.54) is 0 Å². The average Bonchev–Trinajstić information content (AvgIpc) is 3.02. The van der Waals surface area contributed by atoms with Crippen LogP contribution in [0.5, 0.6) is 0 Å². The molecule has 0 amide bonds. The normalized spacial score (nSPS) is 10.8. The Morgan fingerprint density at radius 2 is 2.00 bits per heavy atom. The summed E-state index contributed by atoms with van der Waals surface area (Å²) in [5.41, 5.74) is 1.91. The van der Waals surface area contributed by atoms with E-state index < -0.39 is 0 Å². The minimum Gasteiger partial charge on any atom is -0.376 e. The first-order valence-corrected chi connectivity index (χ1v) is 7.08. The fourth-order valence-corrected chi connectivity index (χ4v) is 2.13. The minimum atomic E-state index is -0.151. The topological polar surface area (TPSA) is 103 Å². The maximum atomic E-state index is 9.50. The van der Waals surface area contributed by atoms with Crippen molar-refractivity contribution in [3.05, 3.63) is 30.3 Å². The molecule has 0 atom stereocenters. The van der Waals surface area contributed by atoms with E-state index in [9.17, 15) is 5.11 Å². The summed E-state index contributed by atoms with van der Waals surface area (Å²) >= 11 is 0. The predicted molar refractivity (Wildman–Crippen MR) is 83.9 cm³/mol. The van der Waals surface area contributed by atoms with Crippen LogP contribution in [0, 0.1) is 0 Å². The van der Waals surface area contributed by atoms with Gasteiger partial charge in [-0.15, -0.1) is 5.10 Å². The number of anilines is 3. The van der Waals surface area contributed by atoms with Gasteiger partial charge in [0, 0.05) is 12.2 Å². The minimum absolute atomic E-state index is 0.151. The summed E-state index contributed by atoms with van der Waals surface area (Å²) in [4.78, 5) is 10.5. The summed E-state index contributed by atoms with van der Waals surface area (Å²) in [5, 5.41) is 23.4. The van der Waals surface area contributed by atoms with Crippen molar-refractivity contribution in [2.24, 2.45) is 0 Å². The third kappa shape index (κ3) is 2.82. The standard InChI is InChI=1S/C14H17N7O/c1-2-8-21(9-22)14-16-12(11-13(17-14)19-20-18-11)15-10-6-4-3-5-7-10/h3-7,22H,2,8-9H2,1H3,(H2,15,16,17,18,19,20). The number of hydrogen-bond acceptors (Lipinski definition) is 7. The van der Waals surface area contributed by atoms with Gasteiger partial charge in [0.15, 0.2) is 11.3 Å². The zero-order valence-corrected chi connectivity index (χ0v) is 12.2. The molecule has 0 aliphatic heterocycles. The molecular weight excluding hydrogens is 282 g/mol. The van der Waals surface area contributed by atoms with Crippen LogP contribution in [0.15, 0.2) is 30.3 Å². The highest BCUT2D eigenvalue weighted by molar-refractivity contribution is 5.85. The third-order valence-electron chi connectivity index (χ3n) is 3.16. The number of fused-ring (bicyclic) bond motifs is 1. The first-order valence-electron chi connectivity index (χ1n) is 7.08. The van der Waals surface area contributed by atoms with Gasteiger partial charge in [-0.1, -0.05) is 25.1 Å². The van der Waals surface area contributed by atoms with E-state index in [0.29, 0.717) is 29.5 Å². The molecule has 2 heterocycles. The molecule has 0 aliphatic carbocycles. The first-order chi connectivity index (χ1) is 10.8. The summed E-state index contributed by atoms with van der Waals surface area (Å²) in [5.74, 6) is 0.971. The number of nitrogens with zero attached hydrogens (tertiary/aromatic N) is 5. The van der Waals surface area contributed by atoms with Crippen LogP contribution in [0.4, 0.5) is 17.5 Å². The van der Waals surface area contributed by atoms with E-state index in [2.05, 4.69) is 30.7 Å².